The first-order chi connectivity index (χ1) is 20.1. The summed E-state index contributed by atoms with van der Waals surface area (Å²) in [5.41, 5.74) is 1.92. The van der Waals surface area contributed by atoms with Crippen LogP contribution in [0.1, 0.15) is 64.5 Å². The van der Waals surface area contributed by atoms with Gasteiger partial charge in [-0.3, -0.25) is 30.0 Å². The molecule has 2 unspecified atom stereocenters. The van der Waals surface area contributed by atoms with Crippen LogP contribution in [-0.4, -0.2) is 70.2 Å². The third-order valence-corrected chi connectivity index (χ3v) is 7.22. The van der Waals surface area contributed by atoms with Gasteiger partial charge in [-0.15, -0.1) is 0 Å². The van der Waals surface area contributed by atoms with Gasteiger partial charge in [0.25, 0.3) is 11.4 Å². The maximum atomic E-state index is 12.9. The SMILES string of the molecule is CCN(CC)C(CCCc1ccc([N+](=O)[O-])cc1)OC(=O)C(=O)OC(CCCc1ccc([N+](=O)[O-])cc1)N(CC)CC. The first-order valence-electron chi connectivity index (χ1n) is 14.5. The van der Waals surface area contributed by atoms with Gasteiger partial charge in [-0.2, -0.15) is 0 Å². The molecule has 0 aliphatic rings. The maximum absolute atomic E-state index is 12.9. The summed E-state index contributed by atoms with van der Waals surface area (Å²) in [5, 5.41) is 21.8. The molecule has 2 aromatic rings. The van der Waals surface area contributed by atoms with E-state index in [1.54, 1.807) is 24.3 Å². The second-order valence-corrected chi connectivity index (χ2v) is 9.79. The fourth-order valence-corrected chi connectivity index (χ4v) is 4.77. The fraction of sp³-hybridized carbons (Fsp3) is 0.533. The minimum absolute atomic E-state index is 0.0292. The second-order valence-electron chi connectivity index (χ2n) is 9.79. The molecule has 2 atom stereocenters. The quantitative estimate of drug-likeness (QED) is 0.0744. The lowest BCUT2D eigenvalue weighted by molar-refractivity contribution is -0.385. The van der Waals surface area contributed by atoms with E-state index >= 15 is 0 Å². The predicted molar refractivity (Wildman–Crippen MR) is 158 cm³/mol. The number of aryl methyl sites for hydroxylation is 2. The molecule has 0 N–H and O–H groups in total. The van der Waals surface area contributed by atoms with Crippen LogP contribution >= 0.6 is 0 Å². The van der Waals surface area contributed by atoms with Gasteiger partial charge < -0.3 is 9.47 Å². The Bertz CT molecular complexity index is 1060. The van der Waals surface area contributed by atoms with Crippen LogP contribution < -0.4 is 0 Å². The van der Waals surface area contributed by atoms with Gasteiger partial charge in [-0.25, -0.2) is 9.59 Å². The molecular formula is C30H42N4O8. The summed E-state index contributed by atoms with van der Waals surface area (Å²) < 4.78 is 11.3. The second kappa shape index (κ2) is 17.8. The highest BCUT2D eigenvalue weighted by molar-refractivity contribution is 6.29. The third-order valence-electron chi connectivity index (χ3n) is 7.22. The van der Waals surface area contributed by atoms with Crippen LogP contribution in [0.3, 0.4) is 0 Å². The number of esters is 2. The molecule has 0 heterocycles. The molecule has 42 heavy (non-hydrogen) atoms. The molecule has 0 radical (unpaired) electrons. The molecule has 0 fully saturated rings. The highest BCUT2D eigenvalue weighted by Gasteiger charge is 2.29. The zero-order chi connectivity index (χ0) is 31.1. The van der Waals surface area contributed by atoms with Crippen molar-refractivity contribution >= 4 is 23.3 Å². The number of carbonyl (C=O) groups is 2. The Kier molecular flexibility index (Phi) is 14.5. The van der Waals surface area contributed by atoms with Crippen LogP contribution in [0, 0.1) is 20.2 Å². The molecule has 0 bridgehead atoms. The topological polar surface area (TPSA) is 145 Å². The molecule has 12 nitrogen and oxygen atoms in total. The third kappa shape index (κ3) is 10.8. The van der Waals surface area contributed by atoms with Crippen LogP contribution in [-0.2, 0) is 31.9 Å². The molecule has 2 aromatic carbocycles. The minimum atomic E-state index is -1.05. The molecule has 0 saturated heterocycles. The summed E-state index contributed by atoms with van der Waals surface area (Å²) >= 11 is 0. The zero-order valence-corrected chi connectivity index (χ0v) is 24.9. The van der Waals surface area contributed by atoms with Gasteiger partial charge in [-0.05, 0) is 75.8 Å². The van der Waals surface area contributed by atoms with Gasteiger partial charge in [0.1, 0.15) is 0 Å². The minimum Gasteiger partial charge on any atom is -0.438 e. The number of non-ortho nitro benzene ring substituents is 2. The van der Waals surface area contributed by atoms with Crippen molar-refractivity contribution in [3.8, 4) is 0 Å². The Morgan fingerprint density at radius 2 is 0.952 bits per heavy atom. The molecule has 0 spiro atoms. The molecule has 0 aliphatic heterocycles. The lowest BCUT2D eigenvalue weighted by Gasteiger charge is -2.31. The molecular weight excluding hydrogens is 544 g/mol. The Hall–Kier alpha value is -3.90. The summed E-state index contributed by atoms with van der Waals surface area (Å²) in [5.74, 6) is -2.09. The van der Waals surface area contributed by atoms with Crippen LogP contribution in [0.15, 0.2) is 48.5 Å². The fourth-order valence-electron chi connectivity index (χ4n) is 4.77. The van der Waals surface area contributed by atoms with E-state index in [9.17, 15) is 29.8 Å². The summed E-state index contributed by atoms with van der Waals surface area (Å²) in [7, 11) is 0. The van der Waals surface area contributed by atoms with E-state index in [1.807, 2.05) is 37.5 Å². The van der Waals surface area contributed by atoms with E-state index < -0.39 is 34.2 Å². The first kappa shape index (κ1) is 34.3. The molecule has 0 amide bonds. The number of carbonyl (C=O) groups excluding carboxylic acids is 2. The van der Waals surface area contributed by atoms with Gasteiger partial charge >= 0.3 is 11.9 Å². The zero-order valence-electron chi connectivity index (χ0n) is 24.9. The monoisotopic (exact) mass is 586 g/mol. The average molecular weight is 587 g/mol. The maximum Gasteiger partial charge on any atom is 0.419 e. The number of nitro groups is 2. The molecule has 230 valence electrons. The number of benzene rings is 2. The highest BCUT2D eigenvalue weighted by atomic mass is 16.6. The lowest BCUT2D eigenvalue weighted by atomic mass is 10.1. The van der Waals surface area contributed by atoms with E-state index in [4.69, 9.17) is 9.47 Å². The van der Waals surface area contributed by atoms with Crippen molar-refractivity contribution in [2.45, 2.75) is 78.7 Å². The molecule has 2 rings (SSSR count). The van der Waals surface area contributed by atoms with Crippen molar-refractivity contribution in [3.63, 3.8) is 0 Å². The highest BCUT2D eigenvalue weighted by Crippen LogP contribution is 2.18. The van der Waals surface area contributed by atoms with E-state index in [0.717, 1.165) is 11.1 Å². The van der Waals surface area contributed by atoms with Crippen LogP contribution in [0.4, 0.5) is 11.4 Å². The molecule has 0 aliphatic carbocycles. The van der Waals surface area contributed by atoms with E-state index in [1.165, 1.54) is 24.3 Å². The number of ether oxygens (including phenoxy) is 2. The number of nitrogens with zero attached hydrogens (tertiary/aromatic N) is 4. The average Bonchev–Trinajstić information content (AvgIpc) is 2.98. The standard InChI is InChI=1S/C30H42N4O8/c1-5-31(6-2)27(13-9-11-23-15-19-25(20-16-23)33(37)38)41-29(35)30(36)42-28(32(7-3)8-4)14-10-12-24-17-21-26(22-18-24)34(39)40/h15-22,27-28H,5-14H2,1-4H3. The molecule has 12 heteroatoms. The van der Waals surface area contributed by atoms with Crippen LogP contribution in [0.25, 0.3) is 0 Å². The Morgan fingerprint density at radius 3 is 1.21 bits per heavy atom. The van der Waals surface area contributed by atoms with E-state index in [-0.39, 0.29) is 11.4 Å². The Balaban J connectivity index is 1.98. The Labute approximate surface area is 246 Å². The van der Waals surface area contributed by atoms with E-state index in [2.05, 4.69) is 0 Å². The van der Waals surface area contributed by atoms with Crippen LogP contribution in [0.2, 0.25) is 0 Å². The van der Waals surface area contributed by atoms with Crippen molar-refractivity contribution in [2.75, 3.05) is 26.2 Å². The smallest absolute Gasteiger partial charge is 0.419 e. The van der Waals surface area contributed by atoms with Crippen LogP contribution in [0.5, 0.6) is 0 Å². The number of nitro benzene ring substituents is 2. The normalized spacial score (nSPS) is 12.6. The molecule has 0 aromatic heterocycles. The van der Waals surface area contributed by atoms with Crippen molar-refractivity contribution in [2.24, 2.45) is 0 Å². The van der Waals surface area contributed by atoms with Gasteiger partial charge in [0.15, 0.2) is 12.5 Å². The summed E-state index contributed by atoms with van der Waals surface area (Å²) in [4.78, 5) is 50.5. The number of rotatable bonds is 18. The number of hydrogen-bond acceptors (Lipinski definition) is 10. The van der Waals surface area contributed by atoms with Crippen molar-refractivity contribution in [1.29, 1.82) is 0 Å². The van der Waals surface area contributed by atoms with Gasteiger partial charge in [0, 0.05) is 24.3 Å². The summed E-state index contributed by atoms with van der Waals surface area (Å²) in [6.45, 7) is 10.2. The van der Waals surface area contributed by atoms with E-state index in [0.29, 0.717) is 64.7 Å². The van der Waals surface area contributed by atoms with Gasteiger partial charge in [0.05, 0.1) is 9.85 Å². The lowest BCUT2D eigenvalue weighted by Crippen LogP contribution is -2.43. The number of hydrogen-bond donors (Lipinski definition) is 0. The summed E-state index contributed by atoms with van der Waals surface area (Å²) in [6.07, 6.45) is 2.28. The van der Waals surface area contributed by atoms with Gasteiger partial charge in [-0.1, -0.05) is 52.0 Å². The van der Waals surface area contributed by atoms with Crippen molar-refractivity contribution < 1.29 is 28.9 Å². The van der Waals surface area contributed by atoms with Crippen molar-refractivity contribution in [1.82, 2.24) is 9.80 Å². The summed E-state index contributed by atoms with van der Waals surface area (Å²) in [6, 6.07) is 12.7. The largest absolute Gasteiger partial charge is 0.438 e. The Morgan fingerprint density at radius 1 is 0.643 bits per heavy atom. The molecule has 0 saturated carbocycles. The van der Waals surface area contributed by atoms with Gasteiger partial charge in [0.2, 0.25) is 0 Å². The first-order valence-corrected chi connectivity index (χ1v) is 14.5. The van der Waals surface area contributed by atoms with Crippen molar-refractivity contribution in [3.05, 3.63) is 79.9 Å². The predicted octanol–water partition coefficient (Wildman–Crippen LogP) is 5.27.